The van der Waals surface area contributed by atoms with Crippen LogP contribution in [0.4, 0.5) is 5.82 Å². The van der Waals surface area contributed by atoms with Gasteiger partial charge in [-0.2, -0.15) is 0 Å². The molecule has 2 rings (SSSR count). The van der Waals surface area contributed by atoms with E-state index in [-0.39, 0.29) is 5.91 Å². The standard InChI is InChI=1S/C17H19BrN2O4/c1-22-13-8-11(9-14(23-2)17(13)24-3)4-7-16(21)20-15-6-5-12(18)10-19-15/h5-6,8-10H,4,7H2,1-3H3,(H,19,20,21). The number of aryl methyl sites for hydroxylation is 1. The van der Waals surface area contributed by atoms with E-state index < -0.39 is 0 Å². The first-order valence-corrected chi connectivity index (χ1v) is 8.07. The second-order valence-electron chi connectivity index (χ2n) is 4.94. The van der Waals surface area contributed by atoms with E-state index in [1.54, 1.807) is 33.6 Å². The van der Waals surface area contributed by atoms with Crippen molar-refractivity contribution in [3.05, 3.63) is 40.5 Å². The fraction of sp³-hybridized carbons (Fsp3) is 0.294. The van der Waals surface area contributed by atoms with Crippen LogP contribution in [-0.4, -0.2) is 32.2 Å². The Morgan fingerprint density at radius 1 is 1.12 bits per heavy atom. The molecule has 1 heterocycles. The molecule has 0 bridgehead atoms. The van der Waals surface area contributed by atoms with Gasteiger partial charge in [-0.15, -0.1) is 0 Å². The van der Waals surface area contributed by atoms with E-state index in [1.165, 1.54) is 0 Å². The average Bonchev–Trinajstić information content (AvgIpc) is 2.60. The maximum atomic E-state index is 12.1. The maximum Gasteiger partial charge on any atom is 0.225 e. The molecule has 1 amide bonds. The molecule has 0 fully saturated rings. The summed E-state index contributed by atoms with van der Waals surface area (Å²) < 4.78 is 16.8. The van der Waals surface area contributed by atoms with E-state index in [0.717, 1.165) is 10.0 Å². The first-order chi connectivity index (χ1) is 11.6. The van der Waals surface area contributed by atoms with Crippen LogP contribution in [0.2, 0.25) is 0 Å². The van der Waals surface area contributed by atoms with Crippen LogP contribution >= 0.6 is 15.9 Å². The van der Waals surface area contributed by atoms with Gasteiger partial charge < -0.3 is 19.5 Å². The van der Waals surface area contributed by atoms with E-state index in [9.17, 15) is 4.79 Å². The zero-order valence-electron chi connectivity index (χ0n) is 13.8. The zero-order chi connectivity index (χ0) is 17.5. The van der Waals surface area contributed by atoms with Gasteiger partial charge >= 0.3 is 0 Å². The third kappa shape index (κ3) is 4.61. The van der Waals surface area contributed by atoms with E-state index in [0.29, 0.717) is 35.9 Å². The molecule has 0 aliphatic rings. The minimum absolute atomic E-state index is 0.112. The molecule has 7 heteroatoms. The minimum atomic E-state index is -0.112. The predicted octanol–water partition coefficient (Wildman–Crippen LogP) is 3.44. The van der Waals surface area contributed by atoms with Crippen LogP contribution in [0.1, 0.15) is 12.0 Å². The Hall–Kier alpha value is -2.28. The lowest BCUT2D eigenvalue weighted by Gasteiger charge is -2.14. The smallest absolute Gasteiger partial charge is 0.225 e. The van der Waals surface area contributed by atoms with Gasteiger partial charge in [-0.1, -0.05) is 0 Å². The number of carbonyl (C=O) groups excluding carboxylic acids is 1. The molecular weight excluding hydrogens is 376 g/mol. The zero-order valence-corrected chi connectivity index (χ0v) is 15.3. The third-order valence-electron chi connectivity index (χ3n) is 3.36. The van der Waals surface area contributed by atoms with Crippen LogP contribution in [0.25, 0.3) is 0 Å². The first kappa shape index (κ1) is 18.1. The Morgan fingerprint density at radius 2 is 1.79 bits per heavy atom. The molecule has 6 nitrogen and oxygen atoms in total. The number of methoxy groups -OCH3 is 3. The van der Waals surface area contributed by atoms with Crippen molar-refractivity contribution in [3.8, 4) is 17.2 Å². The number of amides is 1. The lowest BCUT2D eigenvalue weighted by Crippen LogP contribution is -2.13. The van der Waals surface area contributed by atoms with Crippen LogP contribution < -0.4 is 19.5 Å². The van der Waals surface area contributed by atoms with E-state index in [1.807, 2.05) is 18.2 Å². The van der Waals surface area contributed by atoms with E-state index in [4.69, 9.17) is 14.2 Å². The number of nitrogens with zero attached hydrogens (tertiary/aromatic N) is 1. The molecule has 0 spiro atoms. The Morgan fingerprint density at radius 3 is 2.29 bits per heavy atom. The summed E-state index contributed by atoms with van der Waals surface area (Å²) in [6.45, 7) is 0. The Bertz CT molecular complexity index is 679. The van der Waals surface area contributed by atoms with Gasteiger partial charge in [0.25, 0.3) is 0 Å². The lowest BCUT2D eigenvalue weighted by atomic mass is 10.1. The number of hydrogen-bond acceptors (Lipinski definition) is 5. The summed E-state index contributed by atoms with van der Waals surface area (Å²) in [5.41, 5.74) is 0.920. The number of nitrogens with one attached hydrogen (secondary N) is 1. The van der Waals surface area contributed by atoms with Gasteiger partial charge in [-0.25, -0.2) is 4.98 Å². The van der Waals surface area contributed by atoms with Gasteiger partial charge in [0.2, 0.25) is 11.7 Å². The molecule has 0 atom stereocenters. The molecule has 0 unspecified atom stereocenters. The number of carbonyl (C=O) groups is 1. The van der Waals surface area contributed by atoms with Crippen molar-refractivity contribution >= 4 is 27.7 Å². The largest absolute Gasteiger partial charge is 0.493 e. The summed E-state index contributed by atoms with van der Waals surface area (Å²) in [5.74, 6) is 2.09. The van der Waals surface area contributed by atoms with Crippen LogP contribution in [0, 0.1) is 0 Å². The number of ether oxygens (including phenoxy) is 3. The van der Waals surface area contributed by atoms with E-state index >= 15 is 0 Å². The Balaban J connectivity index is 2.03. The van der Waals surface area contributed by atoms with Crippen molar-refractivity contribution in [1.82, 2.24) is 4.98 Å². The number of halogens is 1. The van der Waals surface area contributed by atoms with Gasteiger partial charge in [0.15, 0.2) is 11.5 Å². The average molecular weight is 395 g/mol. The minimum Gasteiger partial charge on any atom is -0.493 e. The maximum absolute atomic E-state index is 12.1. The van der Waals surface area contributed by atoms with Crippen molar-refractivity contribution in [1.29, 1.82) is 0 Å². The molecule has 1 aromatic carbocycles. The van der Waals surface area contributed by atoms with Crippen LogP contribution in [0.15, 0.2) is 34.9 Å². The number of aromatic nitrogens is 1. The van der Waals surface area contributed by atoms with E-state index in [2.05, 4.69) is 26.2 Å². The fourth-order valence-corrected chi connectivity index (χ4v) is 2.43. The molecule has 0 aliphatic carbocycles. The van der Waals surface area contributed by atoms with Crippen molar-refractivity contribution in [2.45, 2.75) is 12.8 Å². The molecule has 2 aromatic rings. The molecule has 1 aromatic heterocycles. The molecular formula is C17H19BrN2O4. The third-order valence-corrected chi connectivity index (χ3v) is 3.83. The summed E-state index contributed by atoms with van der Waals surface area (Å²) in [7, 11) is 4.68. The highest BCUT2D eigenvalue weighted by Crippen LogP contribution is 2.38. The number of pyridine rings is 1. The van der Waals surface area contributed by atoms with Gasteiger partial charge in [0.05, 0.1) is 21.3 Å². The second-order valence-corrected chi connectivity index (χ2v) is 5.86. The second kappa shape index (κ2) is 8.54. The fourth-order valence-electron chi connectivity index (χ4n) is 2.19. The molecule has 24 heavy (non-hydrogen) atoms. The number of benzene rings is 1. The lowest BCUT2D eigenvalue weighted by molar-refractivity contribution is -0.116. The summed E-state index contributed by atoms with van der Waals surface area (Å²) in [5, 5.41) is 2.76. The van der Waals surface area contributed by atoms with Crippen molar-refractivity contribution in [2.75, 3.05) is 26.6 Å². The SMILES string of the molecule is COc1cc(CCC(=O)Nc2ccc(Br)cn2)cc(OC)c1OC. The number of hydrogen-bond donors (Lipinski definition) is 1. The molecule has 0 radical (unpaired) electrons. The number of anilines is 1. The molecule has 0 saturated carbocycles. The van der Waals surface area contributed by atoms with Gasteiger partial charge in [-0.3, -0.25) is 4.79 Å². The van der Waals surface area contributed by atoms with Crippen LogP contribution in [-0.2, 0) is 11.2 Å². The highest BCUT2D eigenvalue weighted by atomic mass is 79.9. The van der Waals surface area contributed by atoms with Crippen molar-refractivity contribution in [3.63, 3.8) is 0 Å². The van der Waals surface area contributed by atoms with Crippen LogP contribution in [0.5, 0.6) is 17.2 Å². The Labute approximate surface area is 149 Å². The highest BCUT2D eigenvalue weighted by molar-refractivity contribution is 9.10. The Kier molecular flexibility index (Phi) is 6.43. The topological polar surface area (TPSA) is 69.7 Å². The summed E-state index contributed by atoms with van der Waals surface area (Å²) in [4.78, 5) is 16.2. The first-order valence-electron chi connectivity index (χ1n) is 7.27. The highest BCUT2D eigenvalue weighted by Gasteiger charge is 2.14. The summed E-state index contributed by atoms with van der Waals surface area (Å²) in [6.07, 6.45) is 2.49. The number of rotatable bonds is 7. The normalized spacial score (nSPS) is 10.2. The predicted molar refractivity (Wildman–Crippen MR) is 95.0 cm³/mol. The molecule has 1 N–H and O–H groups in total. The summed E-state index contributed by atoms with van der Waals surface area (Å²) in [6, 6.07) is 7.24. The molecule has 0 aliphatic heterocycles. The quantitative estimate of drug-likeness (QED) is 0.778. The summed E-state index contributed by atoms with van der Waals surface area (Å²) >= 11 is 3.30. The van der Waals surface area contributed by atoms with Crippen molar-refractivity contribution in [2.24, 2.45) is 0 Å². The van der Waals surface area contributed by atoms with Crippen molar-refractivity contribution < 1.29 is 19.0 Å². The molecule has 0 saturated heterocycles. The molecule has 128 valence electrons. The van der Waals surface area contributed by atoms with Gasteiger partial charge in [0, 0.05) is 17.1 Å². The monoisotopic (exact) mass is 394 g/mol. The van der Waals surface area contributed by atoms with Crippen LogP contribution in [0.3, 0.4) is 0 Å². The van der Waals surface area contributed by atoms with Gasteiger partial charge in [0.1, 0.15) is 5.82 Å². The van der Waals surface area contributed by atoms with Gasteiger partial charge in [-0.05, 0) is 52.2 Å².